The first-order chi connectivity index (χ1) is 11.9. The van der Waals surface area contributed by atoms with Crippen LogP contribution in [0.3, 0.4) is 0 Å². The van der Waals surface area contributed by atoms with Crippen LogP contribution in [0.4, 0.5) is 0 Å². The smallest absolute Gasteiger partial charge is 0.255 e. The van der Waals surface area contributed by atoms with Crippen molar-refractivity contribution in [2.45, 2.75) is 43.9 Å². The summed E-state index contributed by atoms with van der Waals surface area (Å²) in [6.45, 7) is 4.50. The van der Waals surface area contributed by atoms with Crippen LogP contribution in [-0.4, -0.2) is 49.7 Å². The number of halogens is 1. The van der Waals surface area contributed by atoms with Gasteiger partial charge in [-0.3, -0.25) is 4.79 Å². The molecule has 2 aliphatic rings. The molecule has 138 valence electrons. The summed E-state index contributed by atoms with van der Waals surface area (Å²) in [7, 11) is -3.56. The third-order valence-electron chi connectivity index (χ3n) is 4.83. The molecule has 25 heavy (non-hydrogen) atoms. The second-order valence-electron chi connectivity index (χ2n) is 6.95. The first kappa shape index (κ1) is 18.7. The highest BCUT2D eigenvalue weighted by atomic mass is 35.5. The Hall–Kier alpha value is -1.11. The Morgan fingerprint density at radius 1 is 1.28 bits per heavy atom. The van der Waals surface area contributed by atoms with E-state index in [2.05, 4.69) is 0 Å². The minimum absolute atomic E-state index is 0.157. The average molecular weight is 385 g/mol. The molecule has 1 saturated carbocycles. The molecule has 7 heteroatoms. The standard InChI is InChI=1S/C18H25ClN2O3S/c1-2-9-20(13-14-5-6-14)18(22)16-12-15(7-8-17(16)19)25(23,24)21-10-3-4-11-21/h7-8,12,14H,2-6,9-11,13H2,1H3. The molecule has 0 spiro atoms. The first-order valence-corrected chi connectivity index (χ1v) is 10.8. The Morgan fingerprint density at radius 3 is 2.56 bits per heavy atom. The summed E-state index contributed by atoms with van der Waals surface area (Å²) in [5.41, 5.74) is 0.288. The zero-order valence-corrected chi connectivity index (χ0v) is 16.2. The van der Waals surface area contributed by atoms with Crippen molar-refractivity contribution in [3.05, 3.63) is 28.8 Å². The van der Waals surface area contributed by atoms with Crippen LogP contribution in [-0.2, 0) is 10.0 Å². The van der Waals surface area contributed by atoms with Crippen LogP contribution in [0, 0.1) is 5.92 Å². The summed E-state index contributed by atoms with van der Waals surface area (Å²) >= 11 is 6.24. The fourth-order valence-electron chi connectivity index (χ4n) is 3.23. The molecule has 1 aromatic rings. The zero-order chi connectivity index (χ0) is 18.0. The van der Waals surface area contributed by atoms with Gasteiger partial charge in [0.15, 0.2) is 0 Å². The molecule has 1 aliphatic carbocycles. The van der Waals surface area contributed by atoms with Gasteiger partial charge in [0, 0.05) is 26.2 Å². The monoisotopic (exact) mass is 384 g/mol. The lowest BCUT2D eigenvalue weighted by molar-refractivity contribution is 0.0747. The van der Waals surface area contributed by atoms with E-state index in [1.54, 1.807) is 0 Å². The Labute approximate surface area is 155 Å². The number of benzene rings is 1. The molecule has 0 atom stereocenters. The summed E-state index contributed by atoms with van der Waals surface area (Å²) in [6, 6.07) is 4.48. The summed E-state index contributed by atoms with van der Waals surface area (Å²) < 4.78 is 27.0. The summed E-state index contributed by atoms with van der Waals surface area (Å²) in [4.78, 5) is 14.9. The molecule has 0 radical (unpaired) electrons. The second-order valence-corrected chi connectivity index (χ2v) is 9.29. The molecule has 1 saturated heterocycles. The van der Waals surface area contributed by atoms with Gasteiger partial charge in [-0.15, -0.1) is 0 Å². The van der Waals surface area contributed by atoms with Gasteiger partial charge in [0.2, 0.25) is 10.0 Å². The lowest BCUT2D eigenvalue weighted by Gasteiger charge is -2.23. The van der Waals surface area contributed by atoms with Gasteiger partial charge in [0.25, 0.3) is 5.91 Å². The number of hydrogen-bond donors (Lipinski definition) is 0. The highest BCUT2D eigenvalue weighted by molar-refractivity contribution is 7.89. The van der Waals surface area contributed by atoms with Crippen molar-refractivity contribution in [2.75, 3.05) is 26.2 Å². The molecule has 2 fully saturated rings. The lowest BCUT2D eigenvalue weighted by Crippen LogP contribution is -2.34. The van der Waals surface area contributed by atoms with Crippen LogP contribution in [0.15, 0.2) is 23.1 Å². The predicted octanol–water partition coefficient (Wildman–Crippen LogP) is 3.39. The van der Waals surface area contributed by atoms with Crippen LogP contribution >= 0.6 is 11.6 Å². The third kappa shape index (κ3) is 4.18. The van der Waals surface area contributed by atoms with Crippen molar-refractivity contribution in [3.63, 3.8) is 0 Å². The van der Waals surface area contributed by atoms with Gasteiger partial charge in [-0.05, 0) is 56.2 Å². The topological polar surface area (TPSA) is 57.7 Å². The Morgan fingerprint density at radius 2 is 1.96 bits per heavy atom. The maximum atomic E-state index is 13.0. The van der Waals surface area contributed by atoms with E-state index in [4.69, 9.17) is 11.6 Å². The molecule has 3 rings (SSSR count). The van der Waals surface area contributed by atoms with Gasteiger partial charge in [0.1, 0.15) is 0 Å². The maximum absolute atomic E-state index is 13.0. The SMILES string of the molecule is CCCN(CC1CC1)C(=O)c1cc(S(=O)(=O)N2CCCC2)ccc1Cl. The number of carbonyl (C=O) groups is 1. The van der Waals surface area contributed by atoms with Crippen molar-refractivity contribution in [2.24, 2.45) is 5.92 Å². The minimum Gasteiger partial charge on any atom is -0.338 e. The van der Waals surface area contributed by atoms with Crippen LogP contribution in [0.25, 0.3) is 0 Å². The van der Waals surface area contributed by atoms with Crippen LogP contribution in [0.2, 0.25) is 5.02 Å². The number of hydrogen-bond acceptors (Lipinski definition) is 3. The van der Waals surface area contributed by atoms with Crippen LogP contribution in [0.1, 0.15) is 49.4 Å². The van der Waals surface area contributed by atoms with Crippen molar-refractivity contribution in [1.82, 2.24) is 9.21 Å². The van der Waals surface area contributed by atoms with Gasteiger partial charge in [-0.1, -0.05) is 18.5 Å². The molecule has 1 amide bonds. The van der Waals surface area contributed by atoms with Gasteiger partial charge in [0.05, 0.1) is 15.5 Å². The second kappa shape index (κ2) is 7.64. The van der Waals surface area contributed by atoms with Gasteiger partial charge >= 0.3 is 0 Å². The maximum Gasteiger partial charge on any atom is 0.255 e. The molecule has 1 heterocycles. The summed E-state index contributed by atoms with van der Waals surface area (Å²) in [6.07, 6.45) is 4.94. The molecule has 0 aromatic heterocycles. The summed E-state index contributed by atoms with van der Waals surface area (Å²) in [5.74, 6) is 0.406. The third-order valence-corrected chi connectivity index (χ3v) is 7.05. The molecule has 0 unspecified atom stereocenters. The number of amides is 1. The largest absolute Gasteiger partial charge is 0.338 e. The predicted molar refractivity (Wildman–Crippen MR) is 98.4 cm³/mol. The molecular formula is C18H25ClN2O3S. The average Bonchev–Trinajstić information content (AvgIpc) is 3.22. The minimum atomic E-state index is -3.56. The highest BCUT2D eigenvalue weighted by Gasteiger charge is 2.30. The van der Waals surface area contributed by atoms with E-state index in [1.807, 2.05) is 11.8 Å². The quantitative estimate of drug-likeness (QED) is 0.724. The Balaban J connectivity index is 1.88. The van der Waals surface area contributed by atoms with Gasteiger partial charge < -0.3 is 4.90 Å². The van der Waals surface area contributed by atoms with E-state index in [0.29, 0.717) is 30.6 Å². The van der Waals surface area contributed by atoms with Crippen molar-refractivity contribution < 1.29 is 13.2 Å². The number of rotatable bonds is 7. The Bertz CT molecular complexity index is 741. The van der Waals surface area contributed by atoms with Crippen molar-refractivity contribution in [3.8, 4) is 0 Å². The lowest BCUT2D eigenvalue weighted by atomic mass is 10.2. The van der Waals surface area contributed by atoms with Gasteiger partial charge in [-0.25, -0.2) is 8.42 Å². The fraction of sp³-hybridized carbons (Fsp3) is 0.611. The number of sulfonamides is 1. The van der Waals surface area contributed by atoms with Gasteiger partial charge in [-0.2, -0.15) is 4.31 Å². The van der Waals surface area contributed by atoms with E-state index in [1.165, 1.54) is 22.5 Å². The van der Waals surface area contributed by atoms with E-state index >= 15 is 0 Å². The zero-order valence-electron chi connectivity index (χ0n) is 14.6. The molecule has 0 N–H and O–H groups in total. The molecule has 1 aromatic carbocycles. The molecule has 1 aliphatic heterocycles. The summed E-state index contributed by atoms with van der Waals surface area (Å²) in [5, 5.41) is 0.308. The van der Waals surface area contributed by atoms with E-state index in [-0.39, 0.29) is 16.4 Å². The molecule has 5 nitrogen and oxygen atoms in total. The molecular weight excluding hydrogens is 360 g/mol. The van der Waals surface area contributed by atoms with Crippen LogP contribution < -0.4 is 0 Å². The van der Waals surface area contributed by atoms with E-state index in [9.17, 15) is 13.2 Å². The molecule has 0 bridgehead atoms. The fourth-order valence-corrected chi connectivity index (χ4v) is 4.98. The van der Waals surface area contributed by atoms with Crippen molar-refractivity contribution in [1.29, 1.82) is 0 Å². The first-order valence-electron chi connectivity index (χ1n) is 9.02. The Kier molecular flexibility index (Phi) is 5.71. The number of carbonyl (C=O) groups excluding carboxylic acids is 1. The normalized spacial score (nSPS) is 18.5. The van der Waals surface area contributed by atoms with E-state index < -0.39 is 10.0 Å². The van der Waals surface area contributed by atoms with E-state index in [0.717, 1.165) is 38.6 Å². The van der Waals surface area contributed by atoms with Crippen LogP contribution in [0.5, 0.6) is 0 Å². The van der Waals surface area contributed by atoms with Crippen molar-refractivity contribution >= 4 is 27.5 Å². The number of nitrogens with zero attached hydrogens (tertiary/aromatic N) is 2. The highest BCUT2D eigenvalue weighted by Crippen LogP contribution is 2.31.